The fourth-order valence-electron chi connectivity index (χ4n) is 2.14. The maximum atomic E-state index is 13.1. The topological polar surface area (TPSA) is 80.6 Å². The number of pyridine rings is 1. The zero-order valence-electron chi connectivity index (χ0n) is 14.0. The van der Waals surface area contributed by atoms with Gasteiger partial charge in [-0.15, -0.1) is 0 Å². The average Bonchev–Trinajstić information content (AvgIpc) is 2.70. The van der Waals surface area contributed by atoms with Gasteiger partial charge in [0.25, 0.3) is 5.91 Å². The first-order valence-electron chi connectivity index (χ1n) is 7.93. The Labute approximate surface area is 154 Å². The third kappa shape index (κ3) is 5.05. The van der Waals surface area contributed by atoms with E-state index in [0.717, 1.165) is 6.07 Å². The molecule has 2 aromatic carbocycles. The molecule has 3 rings (SSSR count). The third-order valence-corrected chi connectivity index (χ3v) is 3.47. The van der Waals surface area contributed by atoms with Gasteiger partial charge >= 0.3 is 5.97 Å². The molecule has 27 heavy (non-hydrogen) atoms. The van der Waals surface area contributed by atoms with Crippen LogP contribution in [0.1, 0.15) is 26.3 Å². The fraction of sp³-hybridized carbons (Fsp3) is 0. The van der Waals surface area contributed by atoms with E-state index < -0.39 is 11.8 Å². The van der Waals surface area contributed by atoms with Gasteiger partial charge in [-0.25, -0.2) is 14.6 Å². The van der Waals surface area contributed by atoms with Crippen LogP contribution in [0.25, 0.3) is 0 Å². The molecule has 0 aliphatic carbocycles. The van der Waals surface area contributed by atoms with Crippen LogP contribution in [0.2, 0.25) is 0 Å². The van der Waals surface area contributed by atoms with Gasteiger partial charge < -0.3 is 4.74 Å². The molecule has 0 spiro atoms. The minimum absolute atomic E-state index is 0.125. The summed E-state index contributed by atoms with van der Waals surface area (Å²) in [7, 11) is 0. The Morgan fingerprint density at radius 2 is 1.74 bits per heavy atom. The Hall–Kier alpha value is -3.87. The highest BCUT2D eigenvalue weighted by atomic mass is 19.1. The van der Waals surface area contributed by atoms with Crippen LogP contribution in [-0.2, 0) is 0 Å². The van der Waals surface area contributed by atoms with E-state index in [9.17, 15) is 14.0 Å². The summed E-state index contributed by atoms with van der Waals surface area (Å²) in [4.78, 5) is 27.6. The number of esters is 1. The number of nitrogens with one attached hydrogen (secondary N) is 1. The van der Waals surface area contributed by atoms with Crippen molar-refractivity contribution in [1.82, 2.24) is 10.4 Å². The minimum atomic E-state index is -0.652. The van der Waals surface area contributed by atoms with Gasteiger partial charge in [0.15, 0.2) is 0 Å². The molecule has 1 aromatic heterocycles. The zero-order chi connectivity index (χ0) is 19.1. The van der Waals surface area contributed by atoms with Crippen molar-refractivity contribution in [2.24, 2.45) is 5.10 Å². The second-order valence-corrected chi connectivity index (χ2v) is 5.40. The number of nitrogens with zero attached hydrogens (tertiary/aromatic N) is 2. The summed E-state index contributed by atoms with van der Waals surface area (Å²) in [6.07, 6.45) is 4.49. The van der Waals surface area contributed by atoms with Gasteiger partial charge in [0, 0.05) is 18.0 Å². The number of amides is 1. The monoisotopic (exact) mass is 363 g/mol. The molecule has 0 saturated heterocycles. The number of rotatable bonds is 5. The molecule has 0 radical (unpaired) electrons. The highest BCUT2D eigenvalue weighted by molar-refractivity contribution is 5.94. The van der Waals surface area contributed by atoms with Crippen molar-refractivity contribution in [2.45, 2.75) is 0 Å². The molecule has 0 bridgehead atoms. The molecule has 7 heteroatoms. The van der Waals surface area contributed by atoms with E-state index in [1.54, 1.807) is 36.4 Å². The van der Waals surface area contributed by atoms with Crippen LogP contribution < -0.4 is 10.2 Å². The molecule has 1 heterocycles. The van der Waals surface area contributed by atoms with Crippen molar-refractivity contribution < 1.29 is 18.7 Å². The lowest BCUT2D eigenvalue weighted by atomic mass is 10.2. The normalized spacial score (nSPS) is 10.6. The van der Waals surface area contributed by atoms with Crippen LogP contribution in [0.5, 0.6) is 5.75 Å². The molecular weight excluding hydrogens is 349 g/mol. The van der Waals surface area contributed by atoms with Gasteiger partial charge in [0.1, 0.15) is 11.6 Å². The predicted octanol–water partition coefficient (Wildman–Crippen LogP) is 3.20. The predicted molar refractivity (Wildman–Crippen MR) is 97.1 cm³/mol. The molecular formula is C20H14FN3O3. The zero-order valence-corrected chi connectivity index (χ0v) is 14.0. The lowest BCUT2D eigenvalue weighted by Crippen LogP contribution is -2.17. The summed E-state index contributed by atoms with van der Waals surface area (Å²) in [5.41, 5.74) is 3.66. The number of halogens is 1. The molecule has 134 valence electrons. The average molecular weight is 363 g/mol. The van der Waals surface area contributed by atoms with Crippen LogP contribution in [0.3, 0.4) is 0 Å². The maximum absolute atomic E-state index is 13.1. The van der Waals surface area contributed by atoms with Crippen LogP contribution in [-0.4, -0.2) is 23.1 Å². The highest BCUT2D eigenvalue weighted by Gasteiger charge is 2.09. The number of ether oxygens (including phenoxy) is 1. The Balaban J connectivity index is 1.57. The first-order valence-corrected chi connectivity index (χ1v) is 7.93. The molecule has 0 aliphatic heterocycles. The summed E-state index contributed by atoms with van der Waals surface area (Å²) in [6.45, 7) is 0. The van der Waals surface area contributed by atoms with Crippen molar-refractivity contribution in [3.05, 3.63) is 95.6 Å². The summed E-state index contributed by atoms with van der Waals surface area (Å²) in [6, 6.07) is 14.9. The van der Waals surface area contributed by atoms with Gasteiger partial charge in [-0.05, 0) is 60.2 Å². The smallest absolute Gasteiger partial charge is 0.343 e. The second-order valence-electron chi connectivity index (χ2n) is 5.40. The summed E-state index contributed by atoms with van der Waals surface area (Å²) in [5, 5.41) is 3.87. The highest BCUT2D eigenvalue weighted by Crippen LogP contribution is 2.14. The largest absolute Gasteiger partial charge is 0.423 e. The SMILES string of the molecule is O=C(N/N=C/c1ccc(OC(=O)c2cccc(F)c2)cc1)c1ccncc1. The number of aromatic nitrogens is 1. The summed E-state index contributed by atoms with van der Waals surface area (Å²) < 4.78 is 18.3. The summed E-state index contributed by atoms with van der Waals surface area (Å²) in [5.74, 6) is -1.21. The minimum Gasteiger partial charge on any atom is -0.423 e. The molecule has 1 amide bonds. The van der Waals surface area contributed by atoms with E-state index in [-0.39, 0.29) is 11.5 Å². The van der Waals surface area contributed by atoms with Gasteiger partial charge in [0.2, 0.25) is 0 Å². The molecule has 0 atom stereocenters. The Morgan fingerprint density at radius 1 is 1.00 bits per heavy atom. The Bertz CT molecular complexity index is 973. The molecule has 0 unspecified atom stereocenters. The van der Waals surface area contributed by atoms with Crippen molar-refractivity contribution in [3.8, 4) is 5.75 Å². The van der Waals surface area contributed by atoms with Gasteiger partial charge in [-0.1, -0.05) is 6.07 Å². The molecule has 6 nitrogen and oxygen atoms in total. The van der Waals surface area contributed by atoms with E-state index in [2.05, 4.69) is 15.5 Å². The quantitative estimate of drug-likeness (QED) is 0.327. The Morgan fingerprint density at radius 3 is 2.44 bits per heavy atom. The van der Waals surface area contributed by atoms with Crippen LogP contribution in [0.15, 0.2) is 78.2 Å². The number of hydrazone groups is 1. The fourth-order valence-corrected chi connectivity index (χ4v) is 2.14. The number of hydrogen-bond donors (Lipinski definition) is 1. The third-order valence-electron chi connectivity index (χ3n) is 3.47. The molecule has 0 saturated carbocycles. The van der Waals surface area contributed by atoms with Gasteiger partial charge in [0.05, 0.1) is 11.8 Å². The molecule has 0 aliphatic rings. The molecule has 3 aromatic rings. The van der Waals surface area contributed by atoms with E-state index >= 15 is 0 Å². The van der Waals surface area contributed by atoms with Crippen LogP contribution in [0.4, 0.5) is 4.39 Å². The summed E-state index contributed by atoms with van der Waals surface area (Å²) >= 11 is 0. The first kappa shape index (κ1) is 17.9. The van der Waals surface area contributed by atoms with E-state index in [1.165, 1.54) is 36.8 Å². The second kappa shape index (κ2) is 8.48. The molecule has 1 N–H and O–H groups in total. The van der Waals surface area contributed by atoms with Gasteiger partial charge in [-0.2, -0.15) is 5.10 Å². The number of carbonyl (C=O) groups is 2. The van der Waals surface area contributed by atoms with E-state index in [1.807, 2.05) is 0 Å². The van der Waals surface area contributed by atoms with E-state index in [0.29, 0.717) is 16.9 Å². The lowest BCUT2D eigenvalue weighted by molar-refractivity contribution is 0.0734. The number of carbonyl (C=O) groups excluding carboxylic acids is 2. The van der Waals surface area contributed by atoms with Crippen LogP contribution in [0, 0.1) is 5.82 Å². The van der Waals surface area contributed by atoms with Gasteiger partial charge in [-0.3, -0.25) is 9.78 Å². The first-order chi connectivity index (χ1) is 13.1. The van der Waals surface area contributed by atoms with Crippen LogP contribution >= 0.6 is 0 Å². The van der Waals surface area contributed by atoms with Crippen molar-refractivity contribution in [2.75, 3.05) is 0 Å². The van der Waals surface area contributed by atoms with Crippen molar-refractivity contribution in [3.63, 3.8) is 0 Å². The maximum Gasteiger partial charge on any atom is 0.343 e. The Kier molecular flexibility index (Phi) is 5.64. The lowest BCUT2D eigenvalue weighted by Gasteiger charge is -2.04. The van der Waals surface area contributed by atoms with Crippen molar-refractivity contribution in [1.29, 1.82) is 0 Å². The van der Waals surface area contributed by atoms with E-state index in [4.69, 9.17) is 4.74 Å². The van der Waals surface area contributed by atoms with Crippen molar-refractivity contribution >= 4 is 18.1 Å². The standard InChI is InChI=1S/C20H14FN3O3/c21-17-3-1-2-16(12-17)20(26)27-18-6-4-14(5-7-18)13-23-24-19(25)15-8-10-22-11-9-15/h1-13H,(H,24,25)/b23-13+. The molecule has 0 fully saturated rings. The number of hydrogen-bond acceptors (Lipinski definition) is 5. The number of benzene rings is 2.